The van der Waals surface area contributed by atoms with Gasteiger partial charge in [-0.05, 0) is 35.2 Å². The van der Waals surface area contributed by atoms with Crippen LogP contribution in [0.2, 0.25) is 0 Å². The molecule has 25 heavy (non-hydrogen) atoms. The number of hydrogen-bond acceptors (Lipinski definition) is 7. The third-order valence-corrected chi connectivity index (χ3v) is 6.19. The van der Waals surface area contributed by atoms with E-state index in [1.807, 2.05) is 17.7 Å². The highest BCUT2D eigenvalue weighted by Gasteiger charge is 2.25. The highest BCUT2D eigenvalue weighted by molar-refractivity contribution is 8.01. The topological polar surface area (TPSA) is 77.2 Å². The van der Waals surface area contributed by atoms with E-state index in [2.05, 4.69) is 21.9 Å². The van der Waals surface area contributed by atoms with Crippen molar-refractivity contribution >= 4 is 48.8 Å². The maximum absolute atomic E-state index is 12.6. The lowest BCUT2D eigenvalue weighted by atomic mass is 10.4. The maximum atomic E-state index is 12.6. The van der Waals surface area contributed by atoms with Gasteiger partial charge in [-0.25, -0.2) is 13.4 Å². The van der Waals surface area contributed by atoms with Crippen LogP contribution in [0.5, 0.6) is 0 Å². The standard InChI is InChI=1S/C13H8N4O2S2.C3H6S/c18-21(19,10-4-2-1-3-5-10)12-11-14-8-9-6-7-20-13(9)17(11)16-15-12;1-3-4-2/h1-8H;3H,1H2,2H3. The first-order valence-corrected chi connectivity index (χ1v) is 10.8. The van der Waals surface area contributed by atoms with Crippen LogP contribution in [-0.2, 0) is 9.84 Å². The van der Waals surface area contributed by atoms with Crippen LogP contribution < -0.4 is 0 Å². The van der Waals surface area contributed by atoms with Crippen molar-refractivity contribution in [2.24, 2.45) is 0 Å². The summed E-state index contributed by atoms with van der Waals surface area (Å²) in [4.78, 5) is 5.20. The molecule has 0 fully saturated rings. The normalized spacial score (nSPS) is 11.2. The van der Waals surface area contributed by atoms with Crippen LogP contribution in [0.3, 0.4) is 0 Å². The van der Waals surface area contributed by atoms with E-state index in [9.17, 15) is 8.42 Å². The molecule has 0 aliphatic heterocycles. The van der Waals surface area contributed by atoms with Gasteiger partial charge >= 0.3 is 0 Å². The van der Waals surface area contributed by atoms with Gasteiger partial charge in [0.2, 0.25) is 14.9 Å². The van der Waals surface area contributed by atoms with Crippen LogP contribution in [0.1, 0.15) is 0 Å². The highest BCUT2D eigenvalue weighted by Crippen LogP contribution is 2.25. The second kappa shape index (κ2) is 7.34. The zero-order valence-corrected chi connectivity index (χ0v) is 15.7. The van der Waals surface area contributed by atoms with Gasteiger partial charge in [0, 0.05) is 11.6 Å². The molecule has 4 aromatic rings. The van der Waals surface area contributed by atoms with Crippen molar-refractivity contribution in [2.45, 2.75) is 9.92 Å². The van der Waals surface area contributed by atoms with E-state index in [1.54, 1.807) is 41.6 Å². The Morgan fingerprint density at radius 1 is 1.24 bits per heavy atom. The van der Waals surface area contributed by atoms with Gasteiger partial charge in [0.1, 0.15) is 4.83 Å². The van der Waals surface area contributed by atoms with Crippen molar-refractivity contribution in [3.8, 4) is 0 Å². The van der Waals surface area contributed by atoms with E-state index in [0.29, 0.717) is 0 Å². The number of benzene rings is 1. The first-order chi connectivity index (χ1) is 12.1. The molecule has 0 aliphatic rings. The third kappa shape index (κ3) is 3.30. The molecule has 0 unspecified atom stereocenters. The summed E-state index contributed by atoms with van der Waals surface area (Å²) in [5.41, 5.74) is 0.244. The lowest BCUT2D eigenvalue weighted by molar-refractivity contribution is 0.592. The zero-order chi connectivity index (χ0) is 17.9. The fraction of sp³-hybridized carbons (Fsp3) is 0.0625. The fourth-order valence-electron chi connectivity index (χ4n) is 2.11. The van der Waals surface area contributed by atoms with Crippen molar-refractivity contribution in [3.05, 3.63) is 60.0 Å². The van der Waals surface area contributed by atoms with Gasteiger partial charge < -0.3 is 0 Å². The second-order valence-electron chi connectivity index (χ2n) is 4.79. The Hall–Kier alpha value is -2.23. The summed E-state index contributed by atoms with van der Waals surface area (Å²) in [6.07, 6.45) is 3.61. The molecule has 4 rings (SSSR count). The molecule has 1 aromatic carbocycles. The SMILES string of the molecule is C=CSC.O=S(=O)(c1ccccc1)c1nnn2c1ncc1ccsc12. The average Bonchev–Trinajstić information content (AvgIpc) is 3.28. The van der Waals surface area contributed by atoms with Gasteiger partial charge in [0.05, 0.1) is 4.90 Å². The molecule has 0 saturated heterocycles. The molecule has 6 nitrogen and oxygen atoms in total. The fourth-order valence-corrected chi connectivity index (χ4v) is 4.19. The van der Waals surface area contributed by atoms with Gasteiger partial charge in [-0.15, -0.1) is 28.2 Å². The van der Waals surface area contributed by atoms with Gasteiger partial charge in [-0.3, -0.25) is 0 Å². The molecule has 0 aliphatic carbocycles. The zero-order valence-electron chi connectivity index (χ0n) is 13.2. The van der Waals surface area contributed by atoms with Gasteiger partial charge in [-0.1, -0.05) is 30.0 Å². The van der Waals surface area contributed by atoms with E-state index >= 15 is 0 Å². The molecular formula is C16H14N4O2S3. The Labute approximate surface area is 153 Å². The van der Waals surface area contributed by atoms with Gasteiger partial charge in [0.15, 0.2) is 5.65 Å². The third-order valence-electron chi connectivity index (χ3n) is 3.28. The van der Waals surface area contributed by atoms with Crippen molar-refractivity contribution in [2.75, 3.05) is 6.26 Å². The van der Waals surface area contributed by atoms with Crippen molar-refractivity contribution in [1.82, 2.24) is 19.8 Å². The number of fused-ring (bicyclic) bond motifs is 3. The molecule has 0 atom stereocenters. The van der Waals surface area contributed by atoms with Gasteiger partial charge in [-0.2, -0.15) is 4.52 Å². The summed E-state index contributed by atoms with van der Waals surface area (Å²) in [5, 5.41) is 12.3. The van der Waals surface area contributed by atoms with Crippen LogP contribution in [0.15, 0.2) is 69.9 Å². The minimum atomic E-state index is -3.73. The number of rotatable bonds is 3. The molecule has 3 heterocycles. The number of sulfone groups is 1. The quantitative estimate of drug-likeness (QED) is 0.531. The maximum Gasteiger partial charge on any atom is 0.229 e. The Balaban J connectivity index is 0.000000415. The number of thioether (sulfide) groups is 1. The smallest absolute Gasteiger partial charge is 0.229 e. The monoisotopic (exact) mass is 390 g/mol. The van der Waals surface area contributed by atoms with Crippen LogP contribution in [0, 0.1) is 0 Å². The van der Waals surface area contributed by atoms with Gasteiger partial charge in [0.25, 0.3) is 0 Å². The Kier molecular flexibility index (Phi) is 5.16. The molecule has 0 radical (unpaired) electrons. The van der Waals surface area contributed by atoms with E-state index in [1.165, 1.54) is 28.0 Å². The molecule has 0 bridgehead atoms. The highest BCUT2D eigenvalue weighted by atomic mass is 32.2. The van der Waals surface area contributed by atoms with E-state index in [0.717, 1.165) is 10.2 Å². The summed E-state index contributed by atoms with van der Waals surface area (Å²) in [7, 11) is -3.73. The summed E-state index contributed by atoms with van der Waals surface area (Å²) in [6, 6.07) is 10.1. The lowest BCUT2D eigenvalue weighted by Gasteiger charge is -2.00. The number of thiophene rings is 1. The van der Waals surface area contributed by atoms with E-state index in [4.69, 9.17) is 0 Å². The number of hydrogen-bond donors (Lipinski definition) is 0. The predicted molar refractivity (Wildman–Crippen MR) is 102 cm³/mol. The van der Waals surface area contributed by atoms with E-state index < -0.39 is 9.84 Å². The minimum absolute atomic E-state index is 0.121. The first kappa shape index (κ1) is 17.6. The number of aromatic nitrogens is 4. The minimum Gasteiger partial charge on any atom is -0.234 e. The van der Waals surface area contributed by atoms with Crippen LogP contribution in [0.4, 0.5) is 0 Å². The molecule has 3 aromatic heterocycles. The summed E-state index contributed by atoms with van der Waals surface area (Å²) in [6.45, 7) is 3.44. The van der Waals surface area contributed by atoms with Crippen molar-refractivity contribution in [1.29, 1.82) is 0 Å². The molecular weight excluding hydrogens is 376 g/mol. The van der Waals surface area contributed by atoms with Crippen LogP contribution in [0.25, 0.3) is 15.9 Å². The number of nitrogens with zero attached hydrogens (tertiary/aromatic N) is 4. The molecule has 0 spiro atoms. The lowest BCUT2D eigenvalue weighted by Crippen LogP contribution is -2.03. The summed E-state index contributed by atoms with van der Waals surface area (Å²) < 4.78 is 26.7. The molecule has 0 saturated carbocycles. The largest absolute Gasteiger partial charge is 0.234 e. The first-order valence-electron chi connectivity index (χ1n) is 7.11. The average molecular weight is 391 g/mol. The van der Waals surface area contributed by atoms with E-state index in [-0.39, 0.29) is 15.6 Å². The second-order valence-corrected chi connectivity index (χ2v) is 8.35. The Morgan fingerprint density at radius 3 is 2.64 bits per heavy atom. The Bertz CT molecular complexity index is 1120. The Morgan fingerprint density at radius 2 is 1.96 bits per heavy atom. The molecule has 9 heteroatoms. The molecule has 0 amide bonds. The van der Waals surface area contributed by atoms with Crippen LogP contribution in [-0.4, -0.2) is 34.5 Å². The molecule has 128 valence electrons. The summed E-state index contributed by atoms with van der Waals surface area (Å²) in [5.74, 6) is 0. The molecule has 0 N–H and O–H groups in total. The van der Waals surface area contributed by atoms with Crippen molar-refractivity contribution in [3.63, 3.8) is 0 Å². The summed E-state index contributed by atoms with van der Waals surface area (Å²) >= 11 is 3.08. The van der Waals surface area contributed by atoms with Crippen LogP contribution >= 0.6 is 23.1 Å². The predicted octanol–water partition coefficient (Wildman–Crippen LogP) is 3.66. The van der Waals surface area contributed by atoms with Crippen molar-refractivity contribution < 1.29 is 8.42 Å².